The molecule has 2 rings (SSSR count). The largest absolute Gasteiger partial charge is 0.487 e. The Bertz CT molecular complexity index is 561. The van der Waals surface area contributed by atoms with Gasteiger partial charge in [0.15, 0.2) is 0 Å². The Balaban J connectivity index is 2.06. The van der Waals surface area contributed by atoms with Crippen LogP contribution in [0.25, 0.3) is 0 Å². The molecule has 2 N–H and O–H groups in total. The molecule has 0 saturated carbocycles. The van der Waals surface area contributed by atoms with Crippen molar-refractivity contribution in [3.8, 4) is 5.75 Å². The van der Waals surface area contributed by atoms with Crippen LogP contribution < -0.4 is 10.5 Å². The molecule has 0 aliphatic carbocycles. The van der Waals surface area contributed by atoms with Crippen molar-refractivity contribution < 1.29 is 4.74 Å². The number of aryl methyl sites for hydroxylation is 2. The molecule has 0 amide bonds. The van der Waals surface area contributed by atoms with Crippen LogP contribution in [-0.4, -0.2) is 9.78 Å². The fraction of sp³-hybridized carbons (Fsp3) is 0.357. The summed E-state index contributed by atoms with van der Waals surface area (Å²) < 4.78 is 8.60. The third kappa shape index (κ3) is 3.16. The first kappa shape index (κ1) is 14.1. The minimum Gasteiger partial charge on any atom is -0.487 e. The van der Waals surface area contributed by atoms with Crippen LogP contribution in [0.3, 0.4) is 0 Å². The van der Waals surface area contributed by atoms with Gasteiger partial charge in [0.2, 0.25) is 0 Å². The zero-order valence-corrected chi connectivity index (χ0v) is 12.9. The zero-order chi connectivity index (χ0) is 14.0. The van der Waals surface area contributed by atoms with Crippen LogP contribution in [0.4, 0.5) is 0 Å². The first-order valence-corrected chi connectivity index (χ1v) is 6.94. The van der Waals surface area contributed by atoms with Crippen molar-refractivity contribution in [3.63, 3.8) is 0 Å². The van der Waals surface area contributed by atoms with Gasteiger partial charge in [-0.3, -0.25) is 4.68 Å². The lowest BCUT2D eigenvalue weighted by atomic mass is 10.1. The summed E-state index contributed by atoms with van der Waals surface area (Å²) in [6.07, 6.45) is 0. The number of aromatic nitrogens is 2. The van der Waals surface area contributed by atoms with Crippen LogP contribution in [0, 0.1) is 6.92 Å². The van der Waals surface area contributed by atoms with Gasteiger partial charge in [-0.2, -0.15) is 5.10 Å². The first-order valence-electron chi connectivity index (χ1n) is 6.15. The molecule has 5 heteroatoms. The molecule has 2 aromatic rings. The summed E-state index contributed by atoms with van der Waals surface area (Å²) in [6, 6.07) is 7.90. The lowest BCUT2D eigenvalue weighted by molar-refractivity contribution is 0.294. The van der Waals surface area contributed by atoms with E-state index in [4.69, 9.17) is 10.5 Å². The number of nitrogens with zero attached hydrogens (tertiary/aromatic N) is 2. The fourth-order valence-corrected chi connectivity index (χ4v) is 2.31. The quantitative estimate of drug-likeness (QED) is 0.940. The molecule has 4 nitrogen and oxygen atoms in total. The normalized spacial score (nSPS) is 12.5. The molecule has 0 saturated heterocycles. The first-order chi connectivity index (χ1) is 8.99. The Morgan fingerprint density at radius 2 is 2.00 bits per heavy atom. The average molecular weight is 324 g/mol. The van der Waals surface area contributed by atoms with Gasteiger partial charge in [0.1, 0.15) is 12.4 Å². The average Bonchev–Trinajstić information content (AvgIpc) is 2.62. The molecule has 1 heterocycles. The number of benzene rings is 1. The topological polar surface area (TPSA) is 53.1 Å². The SMILES string of the molecule is Cc1nn(C)c(COc2ccc(C(C)N)cc2)c1Br. The maximum absolute atomic E-state index is 5.81. The Morgan fingerprint density at radius 1 is 1.37 bits per heavy atom. The van der Waals surface area contributed by atoms with Crippen molar-refractivity contribution in [2.24, 2.45) is 12.8 Å². The van der Waals surface area contributed by atoms with Gasteiger partial charge in [-0.15, -0.1) is 0 Å². The molecule has 1 unspecified atom stereocenters. The number of hydrogen-bond acceptors (Lipinski definition) is 3. The smallest absolute Gasteiger partial charge is 0.131 e. The van der Waals surface area contributed by atoms with Gasteiger partial charge in [-0.1, -0.05) is 12.1 Å². The van der Waals surface area contributed by atoms with E-state index in [1.807, 2.05) is 49.8 Å². The van der Waals surface area contributed by atoms with E-state index >= 15 is 0 Å². The molecule has 0 radical (unpaired) electrons. The van der Waals surface area contributed by atoms with Crippen molar-refractivity contribution in [2.45, 2.75) is 26.5 Å². The molecular formula is C14H18BrN3O. The summed E-state index contributed by atoms with van der Waals surface area (Å²) in [5.74, 6) is 0.829. The van der Waals surface area contributed by atoms with E-state index in [9.17, 15) is 0 Å². The molecule has 0 aliphatic rings. The van der Waals surface area contributed by atoms with E-state index in [1.165, 1.54) is 0 Å². The maximum Gasteiger partial charge on any atom is 0.131 e. The minimum atomic E-state index is 0.0444. The Hall–Kier alpha value is -1.33. The standard InChI is InChI=1S/C14H18BrN3O/c1-9(16)11-4-6-12(7-5-11)19-8-13-14(15)10(2)17-18(13)3/h4-7,9H,8,16H2,1-3H3. The second-order valence-corrected chi connectivity index (χ2v) is 5.41. The fourth-order valence-electron chi connectivity index (χ4n) is 1.86. The highest BCUT2D eigenvalue weighted by Crippen LogP contribution is 2.22. The summed E-state index contributed by atoms with van der Waals surface area (Å²) in [7, 11) is 1.91. The van der Waals surface area contributed by atoms with Crippen molar-refractivity contribution >= 4 is 15.9 Å². The highest BCUT2D eigenvalue weighted by Gasteiger charge is 2.11. The molecule has 0 aliphatic heterocycles. The summed E-state index contributed by atoms with van der Waals surface area (Å²) in [5.41, 5.74) is 8.90. The summed E-state index contributed by atoms with van der Waals surface area (Å²) in [6.45, 7) is 4.41. The van der Waals surface area contributed by atoms with Crippen LogP contribution in [0.5, 0.6) is 5.75 Å². The Morgan fingerprint density at radius 3 is 2.47 bits per heavy atom. The van der Waals surface area contributed by atoms with Crippen molar-refractivity contribution in [1.29, 1.82) is 0 Å². The van der Waals surface area contributed by atoms with E-state index in [1.54, 1.807) is 0 Å². The van der Waals surface area contributed by atoms with Crippen molar-refractivity contribution in [3.05, 3.63) is 45.7 Å². The lowest BCUT2D eigenvalue weighted by Crippen LogP contribution is -2.05. The third-order valence-corrected chi connectivity index (χ3v) is 4.07. The number of hydrogen-bond donors (Lipinski definition) is 1. The molecule has 1 aromatic heterocycles. The van der Waals surface area contributed by atoms with E-state index in [0.717, 1.165) is 27.2 Å². The monoisotopic (exact) mass is 323 g/mol. The van der Waals surface area contributed by atoms with Crippen LogP contribution in [-0.2, 0) is 13.7 Å². The Kier molecular flexibility index (Phi) is 4.27. The van der Waals surface area contributed by atoms with Gasteiger partial charge in [-0.25, -0.2) is 0 Å². The van der Waals surface area contributed by atoms with Crippen LogP contribution in [0.15, 0.2) is 28.7 Å². The molecule has 102 valence electrons. The van der Waals surface area contributed by atoms with Crippen LogP contribution >= 0.6 is 15.9 Å². The summed E-state index contributed by atoms with van der Waals surface area (Å²) in [4.78, 5) is 0. The molecule has 0 bridgehead atoms. The number of halogens is 1. The van der Waals surface area contributed by atoms with E-state index in [0.29, 0.717) is 6.61 Å². The number of rotatable bonds is 4. The van der Waals surface area contributed by atoms with Gasteiger partial charge in [-0.05, 0) is 47.5 Å². The second-order valence-electron chi connectivity index (χ2n) is 4.62. The summed E-state index contributed by atoms with van der Waals surface area (Å²) >= 11 is 3.53. The van der Waals surface area contributed by atoms with E-state index in [2.05, 4.69) is 21.0 Å². The highest BCUT2D eigenvalue weighted by atomic mass is 79.9. The van der Waals surface area contributed by atoms with Crippen molar-refractivity contribution in [2.75, 3.05) is 0 Å². The molecular weight excluding hydrogens is 306 g/mol. The van der Waals surface area contributed by atoms with Crippen LogP contribution in [0.2, 0.25) is 0 Å². The van der Waals surface area contributed by atoms with Gasteiger partial charge < -0.3 is 10.5 Å². The second kappa shape index (κ2) is 5.75. The van der Waals surface area contributed by atoms with E-state index in [-0.39, 0.29) is 6.04 Å². The minimum absolute atomic E-state index is 0.0444. The van der Waals surface area contributed by atoms with Gasteiger partial charge in [0.25, 0.3) is 0 Å². The van der Waals surface area contributed by atoms with Gasteiger partial charge in [0.05, 0.1) is 15.9 Å². The molecule has 1 atom stereocenters. The number of nitrogens with two attached hydrogens (primary N) is 1. The van der Waals surface area contributed by atoms with Gasteiger partial charge >= 0.3 is 0 Å². The Labute approximate surface area is 121 Å². The predicted molar refractivity (Wildman–Crippen MR) is 79.0 cm³/mol. The molecule has 0 spiro atoms. The number of ether oxygens (including phenoxy) is 1. The van der Waals surface area contributed by atoms with Gasteiger partial charge in [0, 0.05) is 13.1 Å². The van der Waals surface area contributed by atoms with E-state index < -0.39 is 0 Å². The summed E-state index contributed by atoms with van der Waals surface area (Å²) in [5, 5.41) is 4.33. The van der Waals surface area contributed by atoms with Crippen molar-refractivity contribution in [1.82, 2.24) is 9.78 Å². The lowest BCUT2D eigenvalue weighted by Gasteiger charge is -2.09. The van der Waals surface area contributed by atoms with Crippen LogP contribution in [0.1, 0.15) is 29.9 Å². The maximum atomic E-state index is 5.81. The predicted octanol–water partition coefficient (Wildman–Crippen LogP) is 3.09. The zero-order valence-electron chi connectivity index (χ0n) is 11.4. The third-order valence-electron chi connectivity index (χ3n) is 3.04. The molecule has 1 aromatic carbocycles. The highest BCUT2D eigenvalue weighted by molar-refractivity contribution is 9.10. The molecule has 19 heavy (non-hydrogen) atoms. The molecule has 0 fully saturated rings.